The van der Waals surface area contributed by atoms with Gasteiger partial charge in [-0.15, -0.1) is 0 Å². The first kappa shape index (κ1) is 18.2. The largest absolute Gasteiger partial charge is 0.481 e. The molecule has 3 rings (SSSR count). The molecule has 0 saturated heterocycles. The molecule has 25 heavy (non-hydrogen) atoms. The van der Waals surface area contributed by atoms with E-state index in [1.165, 1.54) is 11.6 Å². The van der Waals surface area contributed by atoms with E-state index in [1.807, 2.05) is 0 Å². The predicted octanol–water partition coefficient (Wildman–Crippen LogP) is 3.43. The van der Waals surface area contributed by atoms with Crippen LogP contribution >= 0.6 is 0 Å². The van der Waals surface area contributed by atoms with Gasteiger partial charge in [0, 0.05) is 11.6 Å². The third kappa shape index (κ3) is 2.92. The molecular formula is C20H28O5. The van der Waals surface area contributed by atoms with Gasteiger partial charge in [0.25, 0.3) is 0 Å². The van der Waals surface area contributed by atoms with Crippen molar-refractivity contribution in [1.82, 2.24) is 0 Å². The minimum Gasteiger partial charge on any atom is -0.481 e. The van der Waals surface area contributed by atoms with Crippen LogP contribution in [0.3, 0.4) is 0 Å². The summed E-state index contributed by atoms with van der Waals surface area (Å²) >= 11 is 0. The van der Waals surface area contributed by atoms with Gasteiger partial charge >= 0.3 is 11.9 Å². The average Bonchev–Trinajstić information content (AvgIpc) is 2.85. The number of carboxylic acids is 1. The number of fused-ring (bicyclic) bond motifs is 1. The van der Waals surface area contributed by atoms with Crippen molar-refractivity contribution in [3.63, 3.8) is 0 Å². The van der Waals surface area contributed by atoms with Crippen molar-refractivity contribution in [2.75, 3.05) is 0 Å². The van der Waals surface area contributed by atoms with Crippen LogP contribution in [0.2, 0.25) is 0 Å². The highest BCUT2D eigenvalue weighted by molar-refractivity contribution is 5.85. The van der Waals surface area contributed by atoms with Crippen molar-refractivity contribution in [3.8, 4) is 0 Å². The molecule has 3 aliphatic rings. The van der Waals surface area contributed by atoms with Gasteiger partial charge in [0.1, 0.15) is 0 Å². The Labute approximate surface area is 148 Å². The molecule has 0 aromatic rings. The summed E-state index contributed by atoms with van der Waals surface area (Å²) in [6, 6.07) is 0. The zero-order valence-corrected chi connectivity index (χ0v) is 15.2. The second kappa shape index (κ2) is 6.27. The summed E-state index contributed by atoms with van der Waals surface area (Å²) in [6.07, 6.45) is 7.14. The quantitative estimate of drug-likeness (QED) is 0.601. The molecule has 1 fully saturated rings. The van der Waals surface area contributed by atoms with Gasteiger partial charge in [-0.3, -0.25) is 4.79 Å². The number of hydrogen-bond donors (Lipinski definition) is 2. The molecule has 5 nitrogen and oxygen atoms in total. The van der Waals surface area contributed by atoms with Gasteiger partial charge < -0.3 is 14.9 Å². The summed E-state index contributed by atoms with van der Waals surface area (Å²) in [5, 5.41) is 19.7. The molecule has 0 radical (unpaired) electrons. The van der Waals surface area contributed by atoms with Crippen LogP contribution in [0.5, 0.6) is 0 Å². The topological polar surface area (TPSA) is 83.8 Å². The molecule has 1 saturated carbocycles. The molecule has 2 aliphatic carbocycles. The van der Waals surface area contributed by atoms with E-state index in [-0.39, 0.29) is 16.7 Å². The number of carboxylic acid groups (broad SMARTS) is 1. The molecule has 5 heteroatoms. The van der Waals surface area contributed by atoms with Gasteiger partial charge in [0.2, 0.25) is 6.29 Å². The van der Waals surface area contributed by atoms with Crippen LogP contribution in [-0.2, 0) is 14.3 Å². The molecule has 0 spiro atoms. The molecule has 0 aromatic carbocycles. The number of hydrogen-bond acceptors (Lipinski definition) is 4. The SMILES string of the molecule is CC1=CCC[C@@H]2[C@@](C)(CCC3=CC(=O)O[C@H]3O)[C@H](C(=O)O)CC[C@@]12C. The Morgan fingerprint density at radius 1 is 1.36 bits per heavy atom. The molecule has 0 aromatic heterocycles. The van der Waals surface area contributed by atoms with Crippen LogP contribution in [0, 0.1) is 22.7 Å². The Hall–Kier alpha value is -1.62. The smallest absolute Gasteiger partial charge is 0.333 e. The second-order valence-electron chi connectivity index (χ2n) is 8.38. The fourth-order valence-corrected chi connectivity index (χ4v) is 5.54. The van der Waals surface area contributed by atoms with Crippen molar-refractivity contribution in [2.24, 2.45) is 22.7 Å². The van der Waals surface area contributed by atoms with E-state index in [9.17, 15) is 19.8 Å². The molecule has 0 bridgehead atoms. The second-order valence-corrected chi connectivity index (χ2v) is 8.38. The van der Waals surface area contributed by atoms with E-state index in [0.717, 1.165) is 19.3 Å². The van der Waals surface area contributed by atoms with Crippen LogP contribution < -0.4 is 0 Å². The molecule has 0 unspecified atom stereocenters. The van der Waals surface area contributed by atoms with Gasteiger partial charge in [0.15, 0.2) is 0 Å². The van der Waals surface area contributed by atoms with Crippen LogP contribution in [0.4, 0.5) is 0 Å². The monoisotopic (exact) mass is 348 g/mol. The third-order valence-corrected chi connectivity index (χ3v) is 7.22. The highest BCUT2D eigenvalue weighted by Crippen LogP contribution is 2.62. The lowest BCUT2D eigenvalue weighted by atomic mass is 9.46. The maximum absolute atomic E-state index is 12.0. The van der Waals surface area contributed by atoms with Gasteiger partial charge in [0.05, 0.1) is 5.92 Å². The summed E-state index contributed by atoms with van der Waals surface area (Å²) in [6.45, 7) is 6.54. The molecule has 0 amide bonds. The van der Waals surface area contributed by atoms with Crippen LogP contribution in [-0.4, -0.2) is 28.4 Å². The Balaban J connectivity index is 1.90. The fourth-order valence-electron chi connectivity index (χ4n) is 5.54. The zero-order valence-electron chi connectivity index (χ0n) is 15.2. The number of esters is 1. The van der Waals surface area contributed by atoms with Gasteiger partial charge in [-0.05, 0) is 62.2 Å². The maximum atomic E-state index is 12.0. The standard InChI is InChI=1S/C20H28O5/c1-12-5-4-6-15-19(12,2)10-8-14(17(22)23)20(15,3)9-7-13-11-16(21)25-18(13)24/h5,11,14-15,18,24H,4,6-10H2,1-3H3,(H,22,23)/t14-,15-,18+,19-,20-/m0/s1. The third-order valence-electron chi connectivity index (χ3n) is 7.22. The lowest BCUT2D eigenvalue weighted by molar-refractivity contribution is -0.156. The Bertz CT molecular complexity index is 648. The van der Waals surface area contributed by atoms with Crippen molar-refractivity contribution >= 4 is 11.9 Å². The molecule has 138 valence electrons. The molecule has 2 N–H and O–H groups in total. The van der Waals surface area contributed by atoms with E-state index < -0.39 is 24.1 Å². The first-order valence-electron chi connectivity index (χ1n) is 9.17. The summed E-state index contributed by atoms with van der Waals surface area (Å²) in [5.74, 6) is -1.36. The number of rotatable bonds is 4. The molecule has 1 aliphatic heterocycles. The van der Waals surface area contributed by atoms with Crippen molar-refractivity contribution in [1.29, 1.82) is 0 Å². The normalized spacial score (nSPS) is 40.8. The van der Waals surface area contributed by atoms with E-state index in [1.54, 1.807) is 0 Å². The Kier molecular flexibility index (Phi) is 4.56. The van der Waals surface area contributed by atoms with E-state index in [0.29, 0.717) is 24.8 Å². The summed E-state index contributed by atoms with van der Waals surface area (Å²) < 4.78 is 4.76. The zero-order chi connectivity index (χ0) is 18.4. The predicted molar refractivity (Wildman–Crippen MR) is 92.5 cm³/mol. The van der Waals surface area contributed by atoms with Crippen molar-refractivity contribution in [2.45, 2.75) is 65.6 Å². The number of ether oxygens (including phenoxy) is 1. The van der Waals surface area contributed by atoms with Crippen molar-refractivity contribution in [3.05, 3.63) is 23.3 Å². The number of carbonyl (C=O) groups excluding carboxylic acids is 1. The lowest BCUT2D eigenvalue weighted by Crippen LogP contribution is -2.52. The summed E-state index contributed by atoms with van der Waals surface area (Å²) in [7, 11) is 0. The average molecular weight is 348 g/mol. The highest BCUT2D eigenvalue weighted by atomic mass is 16.6. The Morgan fingerprint density at radius 2 is 2.08 bits per heavy atom. The number of cyclic esters (lactones) is 1. The molecular weight excluding hydrogens is 320 g/mol. The fraction of sp³-hybridized carbons (Fsp3) is 0.700. The minimum atomic E-state index is -1.18. The van der Waals surface area contributed by atoms with Gasteiger partial charge in [-0.25, -0.2) is 4.79 Å². The number of aliphatic hydroxyl groups excluding tert-OH is 1. The van der Waals surface area contributed by atoms with E-state index in [2.05, 4.69) is 26.8 Å². The van der Waals surface area contributed by atoms with E-state index in [4.69, 9.17) is 4.74 Å². The lowest BCUT2D eigenvalue weighted by Gasteiger charge is -2.57. The number of aliphatic hydroxyl groups is 1. The Morgan fingerprint density at radius 3 is 2.68 bits per heavy atom. The van der Waals surface area contributed by atoms with Crippen LogP contribution in [0.25, 0.3) is 0 Å². The van der Waals surface area contributed by atoms with Crippen LogP contribution in [0.15, 0.2) is 23.3 Å². The van der Waals surface area contributed by atoms with Gasteiger partial charge in [-0.2, -0.15) is 0 Å². The number of carbonyl (C=O) groups is 2. The summed E-state index contributed by atoms with van der Waals surface area (Å²) in [5.41, 5.74) is 1.59. The van der Waals surface area contributed by atoms with Gasteiger partial charge in [-0.1, -0.05) is 25.5 Å². The first-order valence-corrected chi connectivity index (χ1v) is 9.17. The number of allylic oxidation sites excluding steroid dienone is 2. The van der Waals surface area contributed by atoms with Crippen molar-refractivity contribution < 1.29 is 24.5 Å². The minimum absolute atomic E-state index is 0.0357. The summed E-state index contributed by atoms with van der Waals surface area (Å²) in [4.78, 5) is 23.3. The van der Waals surface area contributed by atoms with E-state index >= 15 is 0 Å². The first-order chi connectivity index (χ1) is 11.7. The maximum Gasteiger partial charge on any atom is 0.333 e. The van der Waals surface area contributed by atoms with Crippen LogP contribution in [0.1, 0.15) is 59.3 Å². The highest BCUT2D eigenvalue weighted by Gasteiger charge is 2.56. The molecule has 1 heterocycles. The number of aliphatic carboxylic acids is 1. The molecule has 5 atom stereocenters.